The van der Waals surface area contributed by atoms with Crippen molar-refractivity contribution in [3.8, 4) is 11.8 Å². The maximum atomic E-state index is 13.1. The third-order valence-electron chi connectivity index (χ3n) is 2.97. The molecule has 2 rings (SSSR count). The van der Waals surface area contributed by atoms with Crippen LogP contribution in [0.25, 0.3) is 0 Å². The van der Waals surface area contributed by atoms with Crippen LogP contribution in [-0.4, -0.2) is 6.61 Å². The standard InChI is InChI=1S/C16H12F3NO/c17-13-3-1-2-11(8-13)12(10-20)6-7-21-14-4-5-15(18)16(19)9-14/h1-5,8-9,12H,6-7H2. The molecule has 2 nitrogen and oxygen atoms in total. The van der Waals surface area contributed by atoms with Crippen molar-refractivity contribution in [2.45, 2.75) is 12.3 Å². The van der Waals surface area contributed by atoms with E-state index >= 15 is 0 Å². The zero-order valence-corrected chi connectivity index (χ0v) is 11.0. The van der Waals surface area contributed by atoms with Gasteiger partial charge in [-0.15, -0.1) is 0 Å². The summed E-state index contributed by atoms with van der Waals surface area (Å²) in [7, 11) is 0. The first-order valence-corrected chi connectivity index (χ1v) is 6.33. The lowest BCUT2D eigenvalue weighted by Gasteiger charge is -2.11. The molecule has 5 heteroatoms. The Morgan fingerprint density at radius 1 is 1.05 bits per heavy atom. The third-order valence-corrected chi connectivity index (χ3v) is 2.97. The molecule has 0 bridgehead atoms. The molecule has 0 aliphatic heterocycles. The van der Waals surface area contributed by atoms with Crippen molar-refractivity contribution >= 4 is 0 Å². The minimum Gasteiger partial charge on any atom is -0.493 e. The molecule has 0 amide bonds. The Morgan fingerprint density at radius 3 is 2.52 bits per heavy atom. The molecule has 1 atom stereocenters. The first kappa shape index (κ1) is 14.9. The van der Waals surface area contributed by atoms with Gasteiger partial charge in [0.25, 0.3) is 0 Å². The topological polar surface area (TPSA) is 33.0 Å². The van der Waals surface area contributed by atoms with Gasteiger partial charge >= 0.3 is 0 Å². The Balaban J connectivity index is 1.95. The molecule has 21 heavy (non-hydrogen) atoms. The number of nitrogens with zero attached hydrogens (tertiary/aromatic N) is 1. The number of benzene rings is 2. The second-order valence-electron chi connectivity index (χ2n) is 4.45. The molecule has 1 unspecified atom stereocenters. The van der Waals surface area contributed by atoms with E-state index in [1.165, 1.54) is 24.3 Å². The highest BCUT2D eigenvalue weighted by Crippen LogP contribution is 2.21. The van der Waals surface area contributed by atoms with Gasteiger partial charge in [-0.1, -0.05) is 12.1 Å². The lowest BCUT2D eigenvalue weighted by atomic mass is 9.98. The van der Waals surface area contributed by atoms with Gasteiger partial charge in [-0.25, -0.2) is 13.2 Å². The van der Waals surface area contributed by atoms with Crippen LogP contribution in [0.3, 0.4) is 0 Å². The van der Waals surface area contributed by atoms with Crippen LogP contribution in [0.5, 0.6) is 5.75 Å². The van der Waals surface area contributed by atoms with Crippen molar-refractivity contribution < 1.29 is 17.9 Å². The Morgan fingerprint density at radius 2 is 1.86 bits per heavy atom. The van der Waals surface area contributed by atoms with Gasteiger partial charge in [0.2, 0.25) is 0 Å². The van der Waals surface area contributed by atoms with Crippen molar-refractivity contribution in [1.82, 2.24) is 0 Å². The van der Waals surface area contributed by atoms with Crippen molar-refractivity contribution in [2.75, 3.05) is 6.61 Å². The number of halogens is 3. The summed E-state index contributed by atoms with van der Waals surface area (Å²) in [4.78, 5) is 0. The van der Waals surface area contributed by atoms with Crippen molar-refractivity contribution in [1.29, 1.82) is 5.26 Å². The van der Waals surface area contributed by atoms with E-state index < -0.39 is 23.4 Å². The van der Waals surface area contributed by atoms with E-state index in [0.29, 0.717) is 12.0 Å². The molecule has 2 aromatic rings. The highest BCUT2D eigenvalue weighted by Gasteiger charge is 2.12. The molecule has 0 radical (unpaired) electrons. The summed E-state index contributed by atoms with van der Waals surface area (Å²) in [6.07, 6.45) is 0.318. The van der Waals surface area contributed by atoms with E-state index in [2.05, 4.69) is 6.07 Å². The van der Waals surface area contributed by atoms with Crippen LogP contribution in [0.1, 0.15) is 17.9 Å². The maximum absolute atomic E-state index is 13.1. The van der Waals surface area contributed by atoms with E-state index in [4.69, 9.17) is 10.00 Å². The zero-order valence-electron chi connectivity index (χ0n) is 11.0. The number of ether oxygens (including phenoxy) is 1. The van der Waals surface area contributed by atoms with Gasteiger partial charge in [-0.05, 0) is 29.8 Å². The minimum absolute atomic E-state index is 0.139. The predicted octanol–water partition coefficient (Wildman–Crippen LogP) is 4.18. The summed E-state index contributed by atoms with van der Waals surface area (Å²) in [5.74, 6) is -2.68. The fourth-order valence-electron chi connectivity index (χ4n) is 1.89. The predicted molar refractivity (Wildman–Crippen MR) is 71.2 cm³/mol. The van der Waals surface area contributed by atoms with Gasteiger partial charge in [0.1, 0.15) is 11.6 Å². The number of nitriles is 1. The molecule has 0 saturated carbocycles. The van der Waals surface area contributed by atoms with Crippen LogP contribution in [-0.2, 0) is 0 Å². The highest BCUT2D eigenvalue weighted by molar-refractivity contribution is 5.26. The van der Waals surface area contributed by atoms with E-state index in [1.54, 1.807) is 6.07 Å². The molecule has 0 N–H and O–H groups in total. The molecular weight excluding hydrogens is 279 g/mol. The van der Waals surface area contributed by atoms with Crippen LogP contribution >= 0.6 is 0 Å². The Labute approximate surface area is 120 Å². The van der Waals surface area contributed by atoms with Gasteiger partial charge < -0.3 is 4.74 Å². The molecule has 0 saturated heterocycles. The first-order chi connectivity index (χ1) is 10.1. The number of hydrogen-bond acceptors (Lipinski definition) is 2. The summed E-state index contributed by atoms with van der Waals surface area (Å²) < 4.78 is 44.1. The summed E-state index contributed by atoms with van der Waals surface area (Å²) >= 11 is 0. The smallest absolute Gasteiger partial charge is 0.162 e. The quantitative estimate of drug-likeness (QED) is 0.828. The van der Waals surface area contributed by atoms with Crippen LogP contribution in [0.2, 0.25) is 0 Å². The van der Waals surface area contributed by atoms with Crippen molar-refractivity contribution in [3.63, 3.8) is 0 Å². The molecule has 2 aromatic carbocycles. The Kier molecular flexibility index (Phi) is 4.83. The van der Waals surface area contributed by atoms with E-state index in [-0.39, 0.29) is 12.4 Å². The summed E-state index contributed by atoms with van der Waals surface area (Å²) in [5.41, 5.74) is 0.561. The average Bonchev–Trinajstić information content (AvgIpc) is 2.47. The van der Waals surface area contributed by atoms with Crippen molar-refractivity contribution in [3.05, 3.63) is 65.5 Å². The fraction of sp³-hybridized carbons (Fsp3) is 0.188. The summed E-state index contributed by atoms with van der Waals surface area (Å²) in [5, 5.41) is 9.11. The first-order valence-electron chi connectivity index (χ1n) is 6.33. The number of rotatable bonds is 5. The SMILES string of the molecule is N#CC(CCOc1ccc(F)c(F)c1)c1cccc(F)c1. The molecule has 0 fully saturated rings. The van der Waals surface area contributed by atoms with E-state index in [0.717, 1.165) is 12.1 Å². The van der Waals surface area contributed by atoms with E-state index in [9.17, 15) is 13.2 Å². The van der Waals surface area contributed by atoms with Gasteiger partial charge in [0, 0.05) is 12.5 Å². The Bertz CT molecular complexity index is 667. The van der Waals surface area contributed by atoms with E-state index in [1.807, 2.05) is 0 Å². The summed E-state index contributed by atoms with van der Waals surface area (Å²) in [6.45, 7) is 0.139. The Hall–Kier alpha value is -2.48. The molecular formula is C16H12F3NO. The second-order valence-corrected chi connectivity index (χ2v) is 4.45. The van der Waals surface area contributed by atoms with Gasteiger partial charge in [0.05, 0.1) is 18.6 Å². The van der Waals surface area contributed by atoms with Gasteiger partial charge in [-0.3, -0.25) is 0 Å². The lowest BCUT2D eigenvalue weighted by Crippen LogP contribution is -2.05. The second kappa shape index (κ2) is 6.80. The molecule has 0 heterocycles. The van der Waals surface area contributed by atoms with Crippen LogP contribution < -0.4 is 4.74 Å². The highest BCUT2D eigenvalue weighted by atomic mass is 19.2. The molecule has 0 aliphatic carbocycles. The normalized spacial score (nSPS) is 11.7. The maximum Gasteiger partial charge on any atom is 0.162 e. The largest absolute Gasteiger partial charge is 0.493 e. The minimum atomic E-state index is -0.991. The van der Waals surface area contributed by atoms with Crippen molar-refractivity contribution in [2.24, 2.45) is 0 Å². The summed E-state index contributed by atoms with van der Waals surface area (Å²) in [6, 6.07) is 11.1. The zero-order chi connectivity index (χ0) is 15.2. The third kappa shape index (κ3) is 3.99. The van der Waals surface area contributed by atoms with Crippen LogP contribution in [0.4, 0.5) is 13.2 Å². The number of hydrogen-bond donors (Lipinski definition) is 0. The molecule has 0 aliphatic rings. The van der Waals surface area contributed by atoms with Crippen LogP contribution in [0, 0.1) is 28.8 Å². The molecule has 0 spiro atoms. The van der Waals surface area contributed by atoms with Gasteiger partial charge in [0.15, 0.2) is 11.6 Å². The monoisotopic (exact) mass is 291 g/mol. The van der Waals surface area contributed by atoms with Gasteiger partial charge in [-0.2, -0.15) is 5.26 Å². The lowest BCUT2D eigenvalue weighted by molar-refractivity contribution is 0.303. The average molecular weight is 291 g/mol. The molecule has 0 aromatic heterocycles. The fourth-order valence-corrected chi connectivity index (χ4v) is 1.89. The van der Waals surface area contributed by atoms with Crippen LogP contribution in [0.15, 0.2) is 42.5 Å². The molecule has 108 valence electrons.